The Morgan fingerprint density at radius 2 is 1.90 bits per heavy atom. The average Bonchev–Trinajstić information content (AvgIpc) is 2.48. The lowest BCUT2D eigenvalue weighted by Crippen LogP contribution is -2.14. The van der Waals surface area contributed by atoms with Gasteiger partial charge in [0.05, 0.1) is 25.5 Å². The number of benzene rings is 1. The Balaban J connectivity index is 2.78. The molecule has 0 saturated heterocycles. The number of nitrogens with two attached hydrogens (primary N) is 1. The number of hydrogen-bond acceptors (Lipinski definition) is 4. The van der Waals surface area contributed by atoms with E-state index < -0.39 is 5.91 Å². The molecule has 2 rings (SSSR count). The third-order valence-corrected chi connectivity index (χ3v) is 3.39. The molecule has 0 unspecified atom stereocenters. The number of hydrogen-bond donors (Lipinski definition) is 1. The molecule has 5 heteroatoms. The summed E-state index contributed by atoms with van der Waals surface area (Å²) in [5, 5.41) is 0. The molecule has 0 saturated carbocycles. The molecular formula is C16H18N2O3. The van der Waals surface area contributed by atoms with Crippen LogP contribution < -0.4 is 15.2 Å². The van der Waals surface area contributed by atoms with Crippen molar-refractivity contribution in [2.75, 3.05) is 14.2 Å². The van der Waals surface area contributed by atoms with Crippen LogP contribution in [0.2, 0.25) is 0 Å². The molecular weight excluding hydrogens is 268 g/mol. The second-order valence-corrected chi connectivity index (χ2v) is 4.69. The summed E-state index contributed by atoms with van der Waals surface area (Å²) >= 11 is 0. The van der Waals surface area contributed by atoms with Crippen LogP contribution >= 0.6 is 0 Å². The molecule has 21 heavy (non-hydrogen) atoms. The fraction of sp³-hybridized carbons (Fsp3) is 0.250. The minimum atomic E-state index is -0.523. The van der Waals surface area contributed by atoms with Crippen LogP contribution in [-0.4, -0.2) is 25.1 Å². The highest BCUT2D eigenvalue weighted by Gasteiger charge is 2.19. The third-order valence-electron chi connectivity index (χ3n) is 3.39. The number of nitrogens with zero attached hydrogens (tertiary/aromatic N) is 1. The SMILES string of the molecule is COc1cccc(-c2nc(C)c(C)cc2C(N)=O)c1OC. The largest absolute Gasteiger partial charge is 0.493 e. The molecule has 0 bridgehead atoms. The van der Waals surface area contributed by atoms with Crippen molar-refractivity contribution < 1.29 is 14.3 Å². The number of rotatable bonds is 4. The van der Waals surface area contributed by atoms with Crippen LogP contribution in [0.4, 0.5) is 0 Å². The zero-order valence-corrected chi connectivity index (χ0v) is 12.6. The Hall–Kier alpha value is -2.56. The molecule has 0 radical (unpaired) electrons. The second kappa shape index (κ2) is 5.83. The molecule has 0 spiro atoms. The minimum Gasteiger partial charge on any atom is -0.493 e. The first-order valence-corrected chi connectivity index (χ1v) is 6.49. The fourth-order valence-corrected chi connectivity index (χ4v) is 2.17. The van der Waals surface area contributed by atoms with Gasteiger partial charge < -0.3 is 15.2 Å². The number of primary amides is 1. The zero-order chi connectivity index (χ0) is 15.6. The lowest BCUT2D eigenvalue weighted by atomic mass is 10.0. The topological polar surface area (TPSA) is 74.4 Å². The van der Waals surface area contributed by atoms with E-state index in [0.717, 1.165) is 11.3 Å². The van der Waals surface area contributed by atoms with Crippen LogP contribution in [0.15, 0.2) is 24.3 Å². The molecule has 1 aromatic carbocycles. The number of aromatic nitrogens is 1. The number of carbonyl (C=O) groups is 1. The van der Waals surface area contributed by atoms with Gasteiger partial charge in [-0.25, -0.2) is 0 Å². The summed E-state index contributed by atoms with van der Waals surface area (Å²) in [5.74, 6) is 0.578. The zero-order valence-electron chi connectivity index (χ0n) is 12.6. The van der Waals surface area contributed by atoms with Crippen LogP contribution in [0.5, 0.6) is 11.5 Å². The smallest absolute Gasteiger partial charge is 0.250 e. The number of ether oxygens (including phenoxy) is 2. The molecule has 0 aliphatic carbocycles. The summed E-state index contributed by atoms with van der Waals surface area (Å²) < 4.78 is 10.7. The van der Waals surface area contributed by atoms with Crippen molar-refractivity contribution >= 4 is 5.91 Å². The minimum absolute atomic E-state index is 0.365. The monoisotopic (exact) mass is 286 g/mol. The highest BCUT2D eigenvalue weighted by atomic mass is 16.5. The van der Waals surface area contributed by atoms with Gasteiger partial charge in [0.1, 0.15) is 0 Å². The van der Waals surface area contributed by atoms with Gasteiger partial charge in [0.25, 0.3) is 5.91 Å². The van der Waals surface area contributed by atoms with E-state index in [-0.39, 0.29) is 0 Å². The number of aryl methyl sites for hydroxylation is 2. The lowest BCUT2D eigenvalue weighted by Gasteiger charge is -2.15. The first-order valence-electron chi connectivity index (χ1n) is 6.49. The molecule has 2 aromatic rings. The van der Waals surface area contributed by atoms with Crippen LogP contribution in [0.1, 0.15) is 21.6 Å². The summed E-state index contributed by atoms with van der Waals surface area (Å²) in [6.45, 7) is 3.78. The molecule has 0 fully saturated rings. The first-order chi connectivity index (χ1) is 9.99. The highest BCUT2D eigenvalue weighted by molar-refractivity contribution is 6.00. The quantitative estimate of drug-likeness (QED) is 0.937. The van der Waals surface area contributed by atoms with Crippen molar-refractivity contribution in [3.05, 3.63) is 41.1 Å². The molecule has 1 amide bonds. The van der Waals surface area contributed by atoms with Crippen molar-refractivity contribution in [1.82, 2.24) is 4.98 Å². The van der Waals surface area contributed by atoms with E-state index in [2.05, 4.69) is 4.98 Å². The molecule has 0 atom stereocenters. The maximum atomic E-state index is 11.7. The Kier molecular flexibility index (Phi) is 4.12. The van der Waals surface area contributed by atoms with Gasteiger partial charge in [-0.05, 0) is 37.6 Å². The average molecular weight is 286 g/mol. The van der Waals surface area contributed by atoms with Gasteiger partial charge in [-0.2, -0.15) is 0 Å². The molecule has 1 heterocycles. The predicted octanol–water partition coefficient (Wildman–Crippen LogP) is 2.48. The molecule has 0 aliphatic rings. The van der Waals surface area contributed by atoms with Gasteiger partial charge in [0, 0.05) is 11.3 Å². The summed E-state index contributed by atoms with van der Waals surface area (Å²) in [6.07, 6.45) is 0. The Morgan fingerprint density at radius 1 is 1.19 bits per heavy atom. The number of amides is 1. The molecule has 110 valence electrons. The molecule has 5 nitrogen and oxygen atoms in total. The second-order valence-electron chi connectivity index (χ2n) is 4.69. The Morgan fingerprint density at radius 3 is 2.48 bits per heavy atom. The summed E-state index contributed by atoms with van der Waals surface area (Å²) in [6, 6.07) is 7.18. The van der Waals surface area contributed by atoms with E-state index in [9.17, 15) is 4.79 Å². The van der Waals surface area contributed by atoms with Gasteiger partial charge in [-0.15, -0.1) is 0 Å². The van der Waals surface area contributed by atoms with E-state index in [1.807, 2.05) is 26.0 Å². The van der Waals surface area contributed by atoms with Crippen LogP contribution in [0, 0.1) is 13.8 Å². The third kappa shape index (κ3) is 2.67. The van der Waals surface area contributed by atoms with Crippen molar-refractivity contribution in [1.29, 1.82) is 0 Å². The normalized spacial score (nSPS) is 10.3. The molecule has 1 aromatic heterocycles. The predicted molar refractivity (Wildman–Crippen MR) is 80.8 cm³/mol. The van der Waals surface area contributed by atoms with Crippen molar-refractivity contribution in [2.24, 2.45) is 5.73 Å². The van der Waals surface area contributed by atoms with Crippen molar-refractivity contribution in [3.63, 3.8) is 0 Å². The van der Waals surface area contributed by atoms with Gasteiger partial charge >= 0.3 is 0 Å². The van der Waals surface area contributed by atoms with E-state index in [1.54, 1.807) is 26.4 Å². The van der Waals surface area contributed by atoms with Gasteiger partial charge in [0.2, 0.25) is 0 Å². The van der Waals surface area contributed by atoms with Gasteiger partial charge in [-0.1, -0.05) is 6.07 Å². The summed E-state index contributed by atoms with van der Waals surface area (Å²) in [5.41, 5.74) is 8.77. The van der Waals surface area contributed by atoms with E-state index in [4.69, 9.17) is 15.2 Å². The maximum Gasteiger partial charge on any atom is 0.250 e. The molecule has 0 aliphatic heterocycles. The highest BCUT2D eigenvalue weighted by Crippen LogP contribution is 2.38. The van der Waals surface area contributed by atoms with Crippen LogP contribution in [0.25, 0.3) is 11.3 Å². The number of pyridine rings is 1. The van der Waals surface area contributed by atoms with Gasteiger partial charge in [-0.3, -0.25) is 9.78 Å². The number of carbonyl (C=O) groups excluding carboxylic acids is 1. The fourth-order valence-electron chi connectivity index (χ4n) is 2.17. The Labute approximate surface area is 123 Å². The van der Waals surface area contributed by atoms with Crippen molar-refractivity contribution in [2.45, 2.75) is 13.8 Å². The van der Waals surface area contributed by atoms with Crippen molar-refractivity contribution in [3.8, 4) is 22.8 Å². The lowest BCUT2D eigenvalue weighted by molar-refractivity contribution is 0.100. The van der Waals surface area contributed by atoms with E-state index >= 15 is 0 Å². The summed E-state index contributed by atoms with van der Waals surface area (Å²) in [4.78, 5) is 16.2. The number of methoxy groups -OCH3 is 2. The van der Waals surface area contributed by atoms with Crippen LogP contribution in [-0.2, 0) is 0 Å². The number of para-hydroxylation sites is 1. The van der Waals surface area contributed by atoms with E-state index in [0.29, 0.717) is 28.3 Å². The summed E-state index contributed by atoms with van der Waals surface area (Å²) in [7, 11) is 3.11. The van der Waals surface area contributed by atoms with E-state index in [1.165, 1.54) is 0 Å². The Bertz CT molecular complexity index is 696. The molecule has 2 N–H and O–H groups in total. The first kappa shape index (κ1) is 14.8. The maximum absolute atomic E-state index is 11.7. The van der Waals surface area contributed by atoms with Crippen LogP contribution in [0.3, 0.4) is 0 Å². The standard InChI is InChI=1S/C16H18N2O3/c1-9-8-12(16(17)19)14(18-10(9)2)11-6-5-7-13(20-3)15(11)21-4/h5-8H,1-4H3,(H2,17,19). The van der Waals surface area contributed by atoms with Gasteiger partial charge in [0.15, 0.2) is 11.5 Å².